The highest BCUT2D eigenvalue weighted by molar-refractivity contribution is 9.10. The highest BCUT2D eigenvalue weighted by atomic mass is 79.9. The van der Waals surface area contributed by atoms with Crippen molar-refractivity contribution in [1.29, 1.82) is 0 Å². The van der Waals surface area contributed by atoms with Crippen LogP contribution in [0.3, 0.4) is 0 Å². The summed E-state index contributed by atoms with van der Waals surface area (Å²) in [6, 6.07) is 4.44. The van der Waals surface area contributed by atoms with Crippen LogP contribution in [0, 0.1) is 5.41 Å². The van der Waals surface area contributed by atoms with Crippen LogP contribution in [0.5, 0.6) is 5.75 Å². The minimum Gasteiger partial charge on any atom is -0.436 e. The van der Waals surface area contributed by atoms with Crippen molar-refractivity contribution in [2.45, 2.75) is 25.5 Å². The number of rotatable bonds is 6. The number of carbonyl (C=O) groups is 2. The number of Topliss-reactive ketones (excluding diaryl/α,β-unsaturated/α-hetero) is 1. The Kier molecular flexibility index (Phi) is 6.27. The Bertz CT molecular complexity index is 594. The second-order valence-corrected chi connectivity index (χ2v) is 7.11. The van der Waals surface area contributed by atoms with E-state index in [1.165, 1.54) is 18.2 Å². The quantitative estimate of drug-likeness (QED) is 0.439. The number of benzene rings is 1. The molecule has 0 saturated carbocycles. The molecule has 0 aliphatic carbocycles. The molecule has 1 aromatic carbocycles. The van der Waals surface area contributed by atoms with Crippen LogP contribution in [0.15, 0.2) is 18.2 Å². The van der Waals surface area contributed by atoms with Crippen LogP contribution in [0.1, 0.15) is 20.8 Å². The molecule has 0 radical (unpaired) electrons. The summed E-state index contributed by atoms with van der Waals surface area (Å²) in [5.41, 5.74) is 4.61. The molecule has 5 nitrogen and oxygen atoms in total. The van der Waals surface area contributed by atoms with Gasteiger partial charge in [0.25, 0.3) is 0 Å². The van der Waals surface area contributed by atoms with E-state index >= 15 is 0 Å². The highest BCUT2D eigenvalue weighted by Crippen LogP contribution is 2.37. The van der Waals surface area contributed by atoms with Gasteiger partial charge in [-0.25, -0.2) is 0 Å². The molecule has 22 heavy (non-hydrogen) atoms. The number of nitrogens with two attached hydrogens (primary N) is 1. The van der Waals surface area contributed by atoms with Gasteiger partial charge in [0.1, 0.15) is 5.75 Å². The predicted molar refractivity (Wildman–Crippen MR) is 88.4 cm³/mol. The first-order valence-corrected chi connectivity index (χ1v) is 7.84. The van der Waals surface area contributed by atoms with Crippen LogP contribution in [0.4, 0.5) is 0 Å². The van der Waals surface area contributed by atoms with Gasteiger partial charge in [-0.15, -0.1) is 0 Å². The van der Waals surface area contributed by atoms with Gasteiger partial charge in [-0.05, 0) is 18.2 Å². The molecule has 0 heterocycles. The molecule has 1 atom stereocenters. The third-order valence-electron chi connectivity index (χ3n) is 2.81. The Morgan fingerprint density at radius 2 is 1.91 bits per heavy atom. The topological polar surface area (TPSA) is 78.6 Å². The molecule has 1 unspecified atom stereocenters. The third-order valence-corrected chi connectivity index (χ3v) is 4.02. The Hall–Kier alpha value is -0.820. The van der Waals surface area contributed by atoms with Gasteiger partial charge in [0.15, 0.2) is 0 Å². The van der Waals surface area contributed by atoms with Crippen molar-refractivity contribution in [3.63, 3.8) is 0 Å². The molecule has 0 aromatic heterocycles. The number of halogens is 3. The van der Waals surface area contributed by atoms with Crippen molar-refractivity contribution in [2.24, 2.45) is 11.1 Å². The molecule has 8 heteroatoms. The van der Waals surface area contributed by atoms with Gasteiger partial charge in [-0.2, -0.15) is 0 Å². The molecule has 0 aliphatic rings. The lowest BCUT2D eigenvalue weighted by Crippen LogP contribution is -2.51. The van der Waals surface area contributed by atoms with E-state index in [-0.39, 0.29) is 17.3 Å². The second-order valence-electron chi connectivity index (χ2n) is 5.22. The molecule has 2 N–H and O–H groups in total. The normalized spacial score (nSPS) is 14.1. The van der Waals surface area contributed by atoms with Crippen LogP contribution >= 0.6 is 39.1 Å². The number of hydrogen-bond acceptors (Lipinski definition) is 5. The lowest BCUT2D eigenvalue weighted by Gasteiger charge is -2.32. The van der Waals surface area contributed by atoms with Crippen LogP contribution in [-0.2, 0) is 14.3 Å². The molecule has 122 valence electrons. The summed E-state index contributed by atoms with van der Waals surface area (Å²) in [5.74, 6) is -1.13. The molecule has 0 aliphatic heterocycles. The summed E-state index contributed by atoms with van der Waals surface area (Å²) in [6.07, 6.45) is 0. The first kappa shape index (κ1) is 19.2. The standard InChI is InChI=1S/C14H16BrCl2NO4/c1-8(19)21-14(15,12(20)13(2,3)7-18)22-11-5-4-9(16)6-10(11)17/h4-6H,7,18H2,1-3H3. The lowest BCUT2D eigenvalue weighted by atomic mass is 9.88. The van der Waals surface area contributed by atoms with E-state index in [2.05, 4.69) is 15.9 Å². The zero-order valence-electron chi connectivity index (χ0n) is 12.3. The van der Waals surface area contributed by atoms with Crippen molar-refractivity contribution >= 4 is 50.9 Å². The number of esters is 1. The Morgan fingerprint density at radius 1 is 1.32 bits per heavy atom. The number of ether oxygens (including phenoxy) is 2. The summed E-state index contributed by atoms with van der Waals surface area (Å²) >= 11 is 14.9. The van der Waals surface area contributed by atoms with Crippen molar-refractivity contribution in [3.05, 3.63) is 28.2 Å². The summed E-state index contributed by atoms with van der Waals surface area (Å²) in [4.78, 5) is 24.0. The summed E-state index contributed by atoms with van der Waals surface area (Å²) in [5, 5.41) is 0.570. The summed E-state index contributed by atoms with van der Waals surface area (Å²) < 4.78 is 8.53. The first-order chi connectivity index (χ1) is 10.0. The van der Waals surface area contributed by atoms with E-state index in [1.807, 2.05) is 0 Å². The Labute approximate surface area is 147 Å². The van der Waals surface area contributed by atoms with Crippen molar-refractivity contribution in [1.82, 2.24) is 0 Å². The Balaban J connectivity index is 3.22. The zero-order chi connectivity index (χ0) is 17.1. The van der Waals surface area contributed by atoms with Crippen LogP contribution < -0.4 is 10.5 Å². The number of alkyl halides is 1. The van der Waals surface area contributed by atoms with Crippen molar-refractivity contribution in [3.8, 4) is 5.75 Å². The number of ketones is 1. The van der Waals surface area contributed by atoms with Gasteiger partial charge in [0, 0.05) is 39.8 Å². The summed E-state index contributed by atoms with van der Waals surface area (Å²) in [7, 11) is 0. The van der Waals surface area contributed by atoms with E-state index in [4.69, 9.17) is 38.4 Å². The van der Waals surface area contributed by atoms with Gasteiger partial charge < -0.3 is 15.2 Å². The fourth-order valence-corrected chi connectivity index (χ4v) is 2.88. The Morgan fingerprint density at radius 3 is 2.36 bits per heavy atom. The van der Waals surface area contributed by atoms with Gasteiger partial charge in [0.2, 0.25) is 5.78 Å². The van der Waals surface area contributed by atoms with E-state index in [9.17, 15) is 9.59 Å². The molecule has 0 bridgehead atoms. The van der Waals surface area contributed by atoms with Crippen LogP contribution in [-0.4, -0.2) is 23.0 Å². The molecule has 0 saturated heterocycles. The highest BCUT2D eigenvalue weighted by Gasteiger charge is 2.49. The predicted octanol–water partition coefficient (Wildman–Crippen LogP) is 3.54. The molecule has 1 rings (SSSR count). The molecule has 1 aromatic rings. The first-order valence-electron chi connectivity index (χ1n) is 6.29. The second kappa shape index (κ2) is 7.17. The van der Waals surface area contributed by atoms with Crippen molar-refractivity contribution in [2.75, 3.05) is 6.54 Å². The third kappa shape index (κ3) is 4.59. The number of hydrogen-bond donors (Lipinski definition) is 1. The molecular weight excluding hydrogens is 397 g/mol. The minimum absolute atomic E-state index is 0.0398. The molecule has 0 amide bonds. The minimum atomic E-state index is -2.03. The average molecular weight is 413 g/mol. The maximum Gasteiger partial charge on any atom is 0.373 e. The average Bonchev–Trinajstić information content (AvgIpc) is 2.40. The molecular formula is C14H16BrCl2NO4. The smallest absolute Gasteiger partial charge is 0.373 e. The molecule has 0 fully saturated rings. The van der Waals surface area contributed by atoms with Gasteiger partial charge in [-0.1, -0.05) is 37.0 Å². The zero-order valence-corrected chi connectivity index (χ0v) is 15.4. The van der Waals surface area contributed by atoms with E-state index < -0.39 is 21.9 Å². The number of carbonyl (C=O) groups excluding carboxylic acids is 2. The maximum absolute atomic E-state index is 12.6. The van der Waals surface area contributed by atoms with Gasteiger partial charge in [-0.3, -0.25) is 9.59 Å². The van der Waals surface area contributed by atoms with Crippen molar-refractivity contribution < 1.29 is 19.1 Å². The monoisotopic (exact) mass is 411 g/mol. The van der Waals surface area contributed by atoms with E-state index in [0.717, 1.165) is 6.92 Å². The van der Waals surface area contributed by atoms with Crippen LogP contribution in [0.2, 0.25) is 10.0 Å². The molecule has 0 spiro atoms. The SMILES string of the molecule is CC(=O)OC(Br)(Oc1ccc(Cl)cc1Cl)C(=O)C(C)(C)CN. The fraction of sp³-hybridized carbons (Fsp3) is 0.429. The van der Waals surface area contributed by atoms with Crippen LogP contribution in [0.25, 0.3) is 0 Å². The summed E-state index contributed by atoms with van der Waals surface area (Å²) in [6.45, 7) is 4.42. The maximum atomic E-state index is 12.6. The van der Waals surface area contributed by atoms with Gasteiger partial charge in [0.05, 0.1) is 5.02 Å². The van der Waals surface area contributed by atoms with Gasteiger partial charge >= 0.3 is 10.7 Å². The fourth-order valence-electron chi connectivity index (χ4n) is 1.49. The largest absolute Gasteiger partial charge is 0.436 e. The lowest BCUT2D eigenvalue weighted by molar-refractivity contribution is -0.179. The van der Waals surface area contributed by atoms with E-state index in [0.29, 0.717) is 5.02 Å². The van der Waals surface area contributed by atoms with E-state index in [1.54, 1.807) is 13.8 Å².